The predicted molar refractivity (Wildman–Crippen MR) is 93.8 cm³/mol. The van der Waals surface area contributed by atoms with Gasteiger partial charge in [0.05, 0.1) is 0 Å². The average Bonchev–Trinajstić information content (AvgIpc) is 2.96. The van der Waals surface area contributed by atoms with Crippen LogP contribution in [0.5, 0.6) is 5.75 Å². The van der Waals surface area contributed by atoms with Crippen LogP contribution in [0.25, 0.3) is 6.08 Å². The van der Waals surface area contributed by atoms with E-state index in [1.165, 1.54) is 0 Å². The van der Waals surface area contributed by atoms with Crippen LogP contribution in [0.15, 0.2) is 77.4 Å². The third-order valence-electron chi connectivity index (χ3n) is 3.31. The summed E-state index contributed by atoms with van der Waals surface area (Å²) < 4.78 is 10.8. The van der Waals surface area contributed by atoms with E-state index in [0.29, 0.717) is 12.5 Å². The van der Waals surface area contributed by atoms with Crippen molar-refractivity contribution in [2.24, 2.45) is 4.99 Å². The lowest BCUT2D eigenvalue weighted by Crippen LogP contribution is -2.04. The van der Waals surface area contributed by atoms with E-state index in [0.717, 1.165) is 22.4 Å². The van der Waals surface area contributed by atoms with Crippen molar-refractivity contribution < 1.29 is 14.3 Å². The fourth-order valence-corrected chi connectivity index (χ4v) is 2.14. The average molecular weight is 319 g/mol. The predicted octanol–water partition coefficient (Wildman–Crippen LogP) is 3.99. The van der Waals surface area contributed by atoms with Gasteiger partial charge in [-0.3, -0.25) is 0 Å². The summed E-state index contributed by atoms with van der Waals surface area (Å²) in [4.78, 5) is 16.2. The van der Waals surface area contributed by atoms with Gasteiger partial charge in [0.1, 0.15) is 12.4 Å². The Kier molecular flexibility index (Phi) is 4.57. The van der Waals surface area contributed by atoms with E-state index >= 15 is 0 Å². The molecule has 0 unspecified atom stereocenters. The molecule has 0 atom stereocenters. The molecule has 4 nitrogen and oxygen atoms in total. The smallest absolute Gasteiger partial charge is 0.363 e. The van der Waals surface area contributed by atoms with Gasteiger partial charge in [0.2, 0.25) is 5.90 Å². The standard InChI is InChI=1S/C20H17NO3/c1-14(2)13-23-17-10-8-15(9-11-17)12-18-20(22)24-19(21-18)16-6-4-3-5-7-16/h3-12H,1,13H2,2H3. The maximum absolute atomic E-state index is 12.0. The topological polar surface area (TPSA) is 47.9 Å². The monoisotopic (exact) mass is 319 g/mol. The van der Waals surface area contributed by atoms with Crippen LogP contribution in [0.2, 0.25) is 0 Å². The number of carbonyl (C=O) groups is 1. The van der Waals surface area contributed by atoms with Crippen LogP contribution in [0.4, 0.5) is 0 Å². The second-order valence-electron chi connectivity index (χ2n) is 5.52. The summed E-state index contributed by atoms with van der Waals surface area (Å²) in [7, 11) is 0. The Morgan fingerprint density at radius 3 is 2.54 bits per heavy atom. The van der Waals surface area contributed by atoms with Crippen molar-refractivity contribution >= 4 is 17.9 Å². The zero-order valence-electron chi connectivity index (χ0n) is 13.4. The first-order valence-electron chi connectivity index (χ1n) is 7.57. The molecule has 0 aliphatic carbocycles. The van der Waals surface area contributed by atoms with E-state index in [1.807, 2.05) is 61.5 Å². The van der Waals surface area contributed by atoms with E-state index in [9.17, 15) is 4.79 Å². The van der Waals surface area contributed by atoms with Crippen LogP contribution in [-0.4, -0.2) is 18.5 Å². The largest absolute Gasteiger partial charge is 0.489 e. The number of ether oxygens (including phenoxy) is 2. The second-order valence-corrected chi connectivity index (χ2v) is 5.52. The highest BCUT2D eigenvalue weighted by Gasteiger charge is 2.23. The van der Waals surface area contributed by atoms with Gasteiger partial charge in [-0.1, -0.05) is 36.9 Å². The Morgan fingerprint density at radius 2 is 1.88 bits per heavy atom. The number of esters is 1. The van der Waals surface area contributed by atoms with Gasteiger partial charge in [-0.05, 0) is 48.4 Å². The van der Waals surface area contributed by atoms with Gasteiger partial charge < -0.3 is 9.47 Å². The zero-order chi connectivity index (χ0) is 16.9. The van der Waals surface area contributed by atoms with Crippen LogP contribution >= 0.6 is 0 Å². The first-order valence-corrected chi connectivity index (χ1v) is 7.57. The summed E-state index contributed by atoms with van der Waals surface area (Å²) in [6.45, 7) is 6.19. The van der Waals surface area contributed by atoms with Crippen LogP contribution in [0.1, 0.15) is 18.1 Å². The van der Waals surface area contributed by atoms with Gasteiger partial charge in [-0.15, -0.1) is 0 Å². The Morgan fingerprint density at radius 1 is 1.17 bits per heavy atom. The molecule has 0 spiro atoms. The number of carbonyl (C=O) groups excluding carboxylic acids is 1. The number of nitrogens with zero attached hydrogens (tertiary/aromatic N) is 1. The van der Waals surface area contributed by atoms with Crippen LogP contribution in [-0.2, 0) is 9.53 Å². The Labute approximate surface area is 140 Å². The minimum absolute atomic E-state index is 0.282. The fraction of sp³-hybridized carbons (Fsp3) is 0.100. The highest BCUT2D eigenvalue weighted by molar-refractivity contribution is 6.12. The first-order chi connectivity index (χ1) is 11.6. The molecular formula is C20H17NO3. The molecule has 2 aromatic carbocycles. The maximum Gasteiger partial charge on any atom is 0.363 e. The number of aliphatic imine (C=N–C) groups is 1. The molecule has 0 amide bonds. The summed E-state index contributed by atoms with van der Waals surface area (Å²) in [6.07, 6.45) is 1.70. The Hall–Kier alpha value is -3.14. The van der Waals surface area contributed by atoms with Gasteiger partial charge in [-0.25, -0.2) is 9.79 Å². The minimum atomic E-state index is -0.448. The highest BCUT2D eigenvalue weighted by Crippen LogP contribution is 2.20. The minimum Gasteiger partial charge on any atom is -0.489 e. The van der Waals surface area contributed by atoms with Crippen molar-refractivity contribution in [1.82, 2.24) is 0 Å². The lowest BCUT2D eigenvalue weighted by atomic mass is 10.2. The molecule has 0 saturated heterocycles. The summed E-state index contributed by atoms with van der Waals surface area (Å²) >= 11 is 0. The van der Waals surface area contributed by atoms with Crippen LogP contribution in [0, 0.1) is 0 Å². The first kappa shape index (κ1) is 15.7. The van der Waals surface area contributed by atoms with Gasteiger partial charge in [0.25, 0.3) is 0 Å². The molecular weight excluding hydrogens is 302 g/mol. The molecule has 0 aromatic heterocycles. The molecule has 4 heteroatoms. The Bertz CT molecular complexity index is 818. The van der Waals surface area contributed by atoms with Crippen molar-refractivity contribution in [3.8, 4) is 5.75 Å². The summed E-state index contributed by atoms with van der Waals surface area (Å²) in [5.74, 6) is 0.632. The van der Waals surface area contributed by atoms with E-state index in [1.54, 1.807) is 6.08 Å². The number of benzene rings is 2. The number of cyclic esters (lactones) is 1. The van der Waals surface area contributed by atoms with Crippen molar-refractivity contribution in [3.63, 3.8) is 0 Å². The second kappa shape index (κ2) is 6.96. The molecule has 0 radical (unpaired) electrons. The Balaban J connectivity index is 1.77. The van der Waals surface area contributed by atoms with Crippen molar-refractivity contribution in [1.29, 1.82) is 0 Å². The van der Waals surface area contributed by atoms with Gasteiger partial charge in [-0.2, -0.15) is 0 Å². The molecule has 0 N–H and O–H groups in total. The third-order valence-corrected chi connectivity index (χ3v) is 3.31. The van der Waals surface area contributed by atoms with E-state index in [-0.39, 0.29) is 5.70 Å². The molecule has 24 heavy (non-hydrogen) atoms. The van der Waals surface area contributed by atoms with E-state index in [4.69, 9.17) is 9.47 Å². The van der Waals surface area contributed by atoms with Crippen molar-refractivity contribution in [3.05, 3.63) is 83.6 Å². The lowest BCUT2D eigenvalue weighted by Gasteiger charge is -2.05. The summed E-state index contributed by atoms with van der Waals surface area (Å²) in [5.41, 5.74) is 2.86. The van der Waals surface area contributed by atoms with Gasteiger partial charge in [0.15, 0.2) is 5.70 Å². The highest BCUT2D eigenvalue weighted by atomic mass is 16.6. The summed E-state index contributed by atoms with van der Waals surface area (Å²) in [5, 5.41) is 0. The molecule has 0 fully saturated rings. The molecule has 0 bridgehead atoms. The molecule has 0 saturated carbocycles. The van der Waals surface area contributed by atoms with Gasteiger partial charge >= 0.3 is 5.97 Å². The molecule has 120 valence electrons. The van der Waals surface area contributed by atoms with Crippen LogP contribution < -0.4 is 4.74 Å². The number of hydrogen-bond acceptors (Lipinski definition) is 4. The summed E-state index contributed by atoms with van der Waals surface area (Å²) in [6, 6.07) is 16.8. The van der Waals surface area contributed by atoms with Gasteiger partial charge in [0, 0.05) is 5.56 Å². The van der Waals surface area contributed by atoms with Crippen molar-refractivity contribution in [2.75, 3.05) is 6.61 Å². The maximum atomic E-state index is 12.0. The SMILES string of the molecule is C=C(C)COc1ccc(C=C2N=C(c3ccccc3)OC2=O)cc1. The van der Waals surface area contributed by atoms with Crippen molar-refractivity contribution in [2.45, 2.75) is 6.92 Å². The number of hydrogen-bond donors (Lipinski definition) is 0. The molecule has 1 heterocycles. The van der Waals surface area contributed by atoms with Crippen LogP contribution in [0.3, 0.4) is 0 Å². The molecule has 2 aromatic rings. The quantitative estimate of drug-likeness (QED) is 0.476. The zero-order valence-corrected chi connectivity index (χ0v) is 13.4. The lowest BCUT2D eigenvalue weighted by molar-refractivity contribution is -0.129. The molecule has 3 rings (SSSR count). The molecule has 1 aliphatic rings. The van der Waals surface area contributed by atoms with E-state index < -0.39 is 5.97 Å². The third kappa shape index (κ3) is 3.79. The van der Waals surface area contributed by atoms with E-state index in [2.05, 4.69) is 11.6 Å². The normalized spacial score (nSPS) is 15.1. The number of rotatable bonds is 5. The fourth-order valence-electron chi connectivity index (χ4n) is 2.14. The molecule has 1 aliphatic heterocycles.